The van der Waals surface area contributed by atoms with Crippen LogP contribution >= 0.6 is 0 Å². The van der Waals surface area contributed by atoms with Crippen molar-refractivity contribution in [3.8, 4) is 0 Å². The number of nitrogens with zero attached hydrogens (tertiary/aromatic N) is 1. The van der Waals surface area contributed by atoms with Gasteiger partial charge in [-0.25, -0.2) is 9.69 Å². The molecule has 0 aromatic carbocycles. The first-order valence-electron chi connectivity index (χ1n) is 5.04. The van der Waals surface area contributed by atoms with Gasteiger partial charge in [-0.1, -0.05) is 0 Å². The van der Waals surface area contributed by atoms with Gasteiger partial charge in [0, 0.05) is 6.08 Å². The lowest BCUT2D eigenvalue weighted by Crippen LogP contribution is -2.50. The minimum absolute atomic E-state index is 0.420. The summed E-state index contributed by atoms with van der Waals surface area (Å²) in [7, 11) is 0. The predicted molar refractivity (Wildman–Crippen MR) is 57.5 cm³/mol. The average Bonchev–Trinajstić information content (AvgIpc) is 2.17. The third kappa shape index (κ3) is 2.24. The molecular formula is C11H17NO4. The van der Waals surface area contributed by atoms with E-state index in [1.165, 1.54) is 13.0 Å². The fourth-order valence-corrected chi connectivity index (χ4v) is 1.35. The molecule has 0 aromatic heterocycles. The minimum atomic E-state index is -1.60. The van der Waals surface area contributed by atoms with Crippen LogP contribution in [0.25, 0.3) is 0 Å². The van der Waals surface area contributed by atoms with Crippen LogP contribution in [0.15, 0.2) is 11.6 Å². The molecule has 90 valence electrons. The first kappa shape index (κ1) is 12.7. The van der Waals surface area contributed by atoms with Crippen molar-refractivity contribution in [2.45, 2.75) is 45.9 Å². The van der Waals surface area contributed by atoms with Crippen LogP contribution in [0.2, 0.25) is 0 Å². The standard InChI is InChI=1S/C11H17NO4/c1-7-6-8(13)12(11(7,5)15)9(14)16-10(2,3)4/h6,15H,1-5H3. The van der Waals surface area contributed by atoms with Gasteiger partial charge in [0.05, 0.1) is 0 Å². The van der Waals surface area contributed by atoms with E-state index in [1.807, 2.05) is 0 Å². The molecule has 1 atom stereocenters. The molecule has 1 aliphatic rings. The van der Waals surface area contributed by atoms with Crippen molar-refractivity contribution >= 4 is 12.0 Å². The molecule has 1 aliphatic heterocycles. The van der Waals surface area contributed by atoms with E-state index in [0.717, 1.165) is 0 Å². The van der Waals surface area contributed by atoms with Crippen molar-refractivity contribution in [2.75, 3.05) is 0 Å². The van der Waals surface area contributed by atoms with Gasteiger partial charge in [0.2, 0.25) is 0 Å². The summed E-state index contributed by atoms with van der Waals surface area (Å²) >= 11 is 0. The summed E-state index contributed by atoms with van der Waals surface area (Å²) in [6.45, 7) is 8.05. The van der Waals surface area contributed by atoms with Gasteiger partial charge in [-0.05, 0) is 40.2 Å². The average molecular weight is 227 g/mol. The SMILES string of the molecule is CC1=CC(=O)N(C(=O)OC(C)(C)C)C1(C)O. The van der Waals surface area contributed by atoms with Crippen molar-refractivity contribution in [3.05, 3.63) is 11.6 Å². The normalized spacial score (nSPS) is 25.8. The van der Waals surface area contributed by atoms with Crippen LogP contribution in [-0.4, -0.2) is 33.3 Å². The van der Waals surface area contributed by atoms with Gasteiger partial charge in [-0.2, -0.15) is 0 Å². The lowest BCUT2D eigenvalue weighted by atomic mass is 10.1. The van der Waals surface area contributed by atoms with E-state index in [2.05, 4.69) is 0 Å². The molecule has 0 fully saturated rings. The predicted octanol–water partition coefficient (Wildman–Crippen LogP) is 1.42. The fourth-order valence-electron chi connectivity index (χ4n) is 1.35. The summed E-state index contributed by atoms with van der Waals surface area (Å²) in [5.41, 5.74) is -1.88. The third-order valence-corrected chi connectivity index (χ3v) is 2.32. The number of aliphatic hydroxyl groups is 1. The highest BCUT2D eigenvalue weighted by Gasteiger charge is 2.45. The Bertz CT molecular complexity index is 363. The molecule has 1 unspecified atom stereocenters. The van der Waals surface area contributed by atoms with Crippen molar-refractivity contribution < 1.29 is 19.4 Å². The van der Waals surface area contributed by atoms with Crippen LogP contribution in [0.5, 0.6) is 0 Å². The van der Waals surface area contributed by atoms with Crippen LogP contribution in [-0.2, 0) is 9.53 Å². The molecule has 0 spiro atoms. The summed E-state index contributed by atoms with van der Waals surface area (Å²) < 4.78 is 5.05. The highest BCUT2D eigenvalue weighted by Crippen LogP contribution is 2.29. The zero-order chi connectivity index (χ0) is 12.7. The first-order valence-corrected chi connectivity index (χ1v) is 5.04. The molecular weight excluding hydrogens is 210 g/mol. The number of hydrogen-bond donors (Lipinski definition) is 1. The van der Waals surface area contributed by atoms with Crippen molar-refractivity contribution in [2.24, 2.45) is 0 Å². The largest absolute Gasteiger partial charge is 0.443 e. The van der Waals surface area contributed by atoms with E-state index >= 15 is 0 Å². The lowest BCUT2D eigenvalue weighted by molar-refractivity contribution is -0.137. The third-order valence-electron chi connectivity index (χ3n) is 2.32. The molecule has 5 heteroatoms. The van der Waals surface area contributed by atoms with Gasteiger partial charge >= 0.3 is 6.09 Å². The molecule has 0 bridgehead atoms. The number of carbonyl (C=O) groups is 2. The van der Waals surface area contributed by atoms with Crippen molar-refractivity contribution in [1.29, 1.82) is 0 Å². The summed E-state index contributed by atoms with van der Waals surface area (Å²) in [6, 6.07) is 0. The Balaban J connectivity index is 2.91. The van der Waals surface area contributed by atoms with E-state index in [1.54, 1.807) is 27.7 Å². The first-order chi connectivity index (χ1) is 7.05. The second-order valence-electron chi connectivity index (χ2n) is 5.00. The quantitative estimate of drug-likeness (QED) is 0.679. The molecule has 16 heavy (non-hydrogen) atoms. The summed E-state index contributed by atoms with van der Waals surface area (Å²) in [6.07, 6.45) is 0.389. The Morgan fingerprint density at radius 2 is 2.00 bits per heavy atom. The molecule has 0 aromatic rings. The van der Waals surface area contributed by atoms with Gasteiger partial charge < -0.3 is 9.84 Å². The Morgan fingerprint density at radius 1 is 1.50 bits per heavy atom. The Morgan fingerprint density at radius 3 is 2.31 bits per heavy atom. The Kier molecular flexibility index (Phi) is 2.85. The maximum atomic E-state index is 11.7. The van der Waals surface area contributed by atoms with Gasteiger partial charge in [-0.15, -0.1) is 0 Å². The number of hydrogen-bond acceptors (Lipinski definition) is 4. The molecule has 0 aliphatic carbocycles. The fraction of sp³-hybridized carbons (Fsp3) is 0.636. The van der Waals surface area contributed by atoms with Crippen LogP contribution in [0, 0.1) is 0 Å². The number of rotatable bonds is 0. The molecule has 0 saturated heterocycles. The molecule has 0 saturated carbocycles. The van der Waals surface area contributed by atoms with E-state index < -0.39 is 23.3 Å². The molecule has 1 rings (SSSR count). The molecule has 5 nitrogen and oxygen atoms in total. The molecule has 1 N–H and O–H groups in total. The molecule has 0 radical (unpaired) electrons. The van der Waals surface area contributed by atoms with E-state index in [-0.39, 0.29) is 0 Å². The molecule has 2 amide bonds. The number of imide groups is 1. The highest BCUT2D eigenvalue weighted by atomic mass is 16.6. The van der Waals surface area contributed by atoms with E-state index in [9.17, 15) is 14.7 Å². The van der Waals surface area contributed by atoms with E-state index in [4.69, 9.17) is 4.74 Å². The topological polar surface area (TPSA) is 66.8 Å². The summed E-state index contributed by atoms with van der Waals surface area (Å²) in [5.74, 6) is -0.559. The summed E-state index contributed by atoms with van der Waals surface area (Å²) in [5, 5.41) is 10.00. The maximum absolute atomic E-state index is 11.7. The number of amides is 2. The Labute approximate surface area is 94.7 Å². The van der Waals surface area contributed by atoms with Crippen LogP contribution < -0.4 is 0 Å². The summed E-state index contributed by atoms with van der Waals surface area (Å²) in [4.78, 5) is 24.0. The zero-order valence-electron chi connectivity index (χ0n) is 10.2. The smallest absolute Gasteiger partial charge is 0.419 e. The van der Waals surface area contributed by atoms with Gasteiger partial charge in [0.25, 0.3) is 5.91 Å². The second kappa shape index (κ2) is 3.59. The number of carbonyl (C=O) groups excluding carboxylic acids is 2. The number of ether oxygens (including phenoxy) is 1. The van der Waals surface area contributed by atoms with Crippen LogP contribution in [0.4, 0.5) is 4.79 Å². The van der Waals surface area contributed by atoms with Crippen molar-refractivity contribution in [3.63, 3.8) is 0 Å². The van der Waals surface area contributed by atoms with E-state index in [0.29, 0.717) is 10.5 Å². The van der Waals surface area contributed by atoms with Crippen LogP contribution in [0.3, 0.4) is 0 Å². The second-order valence-corrected chi connectivity index (χ2v) is 5.00. The van der Waals surface area contributed by atoms with Crippen molar-refractivity contribution in [1.82, 2.24) is 4.90 Å². The maximum Gasteiger partial charge on any atom is 0.419 e. The highest BCUT2D eigenvalue weighted by molar-refractivity contribution is 6.02. The molecule has 1 heterocycles. The van der Waals surface area contributed by atoms with Crippen LogP contribution in [0.1, 0.15) is 34.6 Å². The monoisotopic (exact) mass is 227 g/mol. The van der Waals surface area contributed by atoms with Gasteiger partial charge in [0.1, 0.15) is 5.60 Å². The Hall–Kier alpha value is -1.36. The zero-order valence-corrected chi connectivity index (χ0v) is 10.2. The lowest BCUT2D eigenvalue weighted by Gasteiger charge is -2.32. The van der Waals surface area contributed by atoms with Gasteiger partial charge in [-0.3, -0.25) is 4.79 Å². The minimum Gasteiger partial charge on any atom is -0.443 e. The van der Waals surface area contributed by atoms with Gasteiger partial charge in [0.15, 0.2) is 5.72 Å².